The van der Waals surface area contributed by atoms with Gasteiger partial charge in [0.15, 0.2) is 0 Å². The average molecular weight is 296 g/mol. The molecule has 0 bridgehead atoms. The lowest BCUT2D eigenvalue weighted by molar-refractivity contribution is -0.141. The van der Waals surface area contributed by atoms with Crippen molar-refractivity contribution >= 4 is 11.9 Å². The first-order valence-electron chi connectivity index (χ1n) is 8.41. The first kappa shape index (κ1) is 16.3. The van der Waals surface area contributed by atoms with Gasteiger partial charge in [-0.3, -0.25) is 9.59 Å². The Labute approximate surface area is 127 Å². The molecule has 1 aliphatic heterocycles. The van der Waals surface area contributed by atoms with Gasteiger partial charge in [0.25, 0.3) is 0 Å². The highest BCUT2D eigenvalue weighted by Gasteiger charge is 2.27. The van der Waals surface area contributed by atoms with Gasteiger partial charge in [0.2, 0.25) is 5.91 Å². The normalized spacial score (nSPS) is 23.7. The van der Waals surface area contributed by atoms with E-state index in [1.165, 1.54) is 12.8 Å². The fraction of sp³-hybridized carbons (Fsp3) is 0.875. The van der Waals surface area contributed by atoms with Crippen LogP contribution in [0.15, 0.2) is 0 Å². The Bertz CT molecular complexity index is 341. The van der Waals surface area contributed by atoms with Crippen LogP contribution in [0, 0.1) is 11.8 Å². The van der Waals surface area contributed by atoms with Crippen molar-refractivity contribution in [3.63, 3.8) is 0 Å². The zero-order chi connectivity index (χ0) is 15.1. The molecule has 0 aromatic carbocycles. The van der Waals surface area contributed by atoms with Gasteiger partial charge >= 0.3 is 5.97 Å². The van der Waals surface area contributed by atoms with Crippen molar-refractivity contribution in [2.45, 2.75) is 51.4 Å². The van der Waals surface area contributed by atoms with Gasteiger partial charge in [-0.2, -0.15) is 0 Å². The second-order valence-electron chi connectivity index (χ2n) is 6.38. The monoisotopic (exact) mass is 296 g/mol. The van der Waals surface area contributed by atoms with Gasteiger partial charge in [-0.25, -0.2) is 0 Å². The topological polar surface area (TPSA) is 69.6 Å². The van der Waals surface area contributed by atoms with Gasteiger partial charge in [-0.1, -0.05) is 25.7 Å². The fourth-order valence-electron chi connectivity index (χ4n) is 3.49. The van der Waals surface area contributed by atoms with Crippen LogP contribution < -0.4 is 5.32 Å². The molecule has 5 heteroatoms. The van der Waals surface area contributed by atoms with E-state index in [1.54, 1.807) is 0 Å². The lowest BCUT2D eigenvalue weighted by Gasteiger charge is -2.29. The molecule has 5 nitrogen and oxygen atoms in total. The minimum atomic E-state index is -0.609. The lowest BCUT2D eigenvalue weighted by Crippen LogP contribution is -2.48. The quantitative estimate of drug-likeness (QED) is 0.816. The van der Waals surface area contributed by atoms with Crippen LogP contribution in [-0.4, -0.2) is 48.1 Å². The predicted octanol–water partition coefficient (Wildman–Crippen LogP) is 1.87. The number of carboxylic acid groups (broad SMARTS) is 1. The summed E-state index contributed by atoms with van der Waals surface area (Å²) in [5.41, 5.74) is 0. The summed E-state index contributed by atoms with van der Waals surface area (Å²) < 4.78 is 0. The van der Waals surface area contributed by atoms with Crippen molar-refractivity contribution in [3.05, 3.63) is 0 Å². The van der Waals surface area contributed by atoms with Crippen molar-refractivity contribution in [1.29, 1.82) is 0 Å². The van der Waals surface area contributed by atoms with E-state index in [0.29, 0.717) is 11.8 Å². The molecule has 1 saturated heterocycles. The van der Waals surface area contributed by atoms with Gasteiger partial charge in [0.05, 0.1) is 5.92 Å². The number of hydrogen-bond acceptors (Lipinski definition) is 3. The third kappa shape index (κ3) is 4.99. The van der Waals surface area contributed by atoms with Crippen LogP contribution >= 0.6 is 0 Å². The summed E-state index contributed by atoms with van der Waals surface area (Å²) in [6.07, 6.45) is 8.77. The van der Waals surface area contributed by atoms with Crippen LogP contribution in [0.5, 0.6) is 0 Å². The van der Waals surface area contributed by atoms with Crippen molar-refractivity contribution in [3.8, 4) is 0 Å². The van der Waals surface area contributed by atoms with E-state index in [1.807, 2.05) is 4.90 Å². The molecule has 120 valence electrons. The van der Waals surface area contributed by atoms with E-state index in [9.17, 15) is 9.59 Å². The number of hydrogen-bond donors (Lipinski definition) is 2. The number of aliphatic carboxylic acids is 1. The second kappa shape index (κ2) is 8.37. The van der Waals surface area contributed by atoms with Crippen molar-refractivity contribution < 1.29 is 14.7 Å². The number of amides is 1. The SMILES string of the molecule is O=C(C1CCCC1)N1CCNCC1.O=C(O)C1CCCC1. The molecule has 1 heterocycles. The Hall–Kier alpha value is -1.10. The molecular weight excluding hydrogens is 268 g/mol. The summed E-state index contributed by atoms with van der Waals surface area (Å²) in [5, 5.41) is 11.7. The molecule has 0 unspecified atom stereocenters. The third-order valence-corrected chi connectivity index (χ3v) is 4.84. The molecule has 1 amide bonds. The molecule has 0 aromatic rings. The van der Waals surface area contributed by atoms with Crippen LogP contribution in [0.1, 0.15) is 51.4 Å². The molecule has 3 fully saturated rings. The number of piperazine rings is 1. The molecule has 0 aromatic heterocycles. The molecule has 0 radical (unpaired) electrons. The van der Waals surface area contributed by atoms with E-state index in [2.05, 4.69) is 5.32 Å². The standard InChI is InChI=1S/C10H18N2O.C6H10O2/c13-10(9-3-1-2-4-9)12-7-5-11-6-8-12;7-6(8)5-3-1-2-4-5/h9,11H,1-8H2;5H,1-4H2,(H,7,8). The number of nitrogens with zero attached hydrogens (tertiary/aromatic N) is 1. The zero-order valence-electron chi connectivity index (χ0n) is 12.9. The van der Waals surface area contributed by atoms with Crippen LogP contribution in [-0.2, 0) is 9.59 Å². The Morgan fingerprint density at radius 3 is 1.76 bits per heavy atom. The molecule has 2 N–H and O–H groups in total. The number of nitrogens with one attached hydrogen (secondary N) is 1. The minimum absolute atomic E-state index is 0.0185. The highest BCUT2D eigenvalue weighted by Crippen LogP contribution is 2.26. The number of carbonyl (C=O) groups excluding carboxylic acids is 1. The molecule has 2 saturated carbocycles. The molecule has 0 spiro atoms. The Morgan fingerprint density at radius 1 is 0.857 bits per heavy atom. The molecule has 2 aliphatic carbocycles. The third-order valence-electron chi connectivity index (χ3n) is 4.84. The molecule has 0 atom stereocenters. The summed E-state index contributed by atoms with van der Waals surface area (Å²) >= 11 is 0. The Morgan fingerprint density at radius 2 is 1.33 bits per heavy atom. The van der Waals surface area contributed by atoms with Gasteiger partial charge in [-0.15, -0.1) is 0 Å². The number of carbonyl (C=O) groups is 2. The Balaban J connectivity index is 0.000000173. The largest absolute Gasteiger partial charge is 0.481 e. The smallest absolute Gasteiger partial charge is 0.306 e. The first-order valence-corrected chi connectivity index (χ1v) is 8.41. The number of carboxylic acids is 1. The van der Waals surface area contributed by atoms with E-state index >= 15 is 0 Å². The van der Waals surface area contributed by atoms with E-state index < -0.39 is 5.97 Å². The van der Waals surface area contributed by atoms with Crippen molar-refractivity contribution in [2.75, 3.05) is 26.2 Å². The summed E-state index contributed by atoms with van der Waals surface area (Å²) in [4.78, 5) is 24.1. The van der Waals surface area contributed by atoms with Crippen LogP contribution in [0.2, 0.25) is 0 Å². The van der Waals surface area contributed by atoms with Crippen LogP contribution in [0.25, 0.3) is 0 Å². The highest BCUT2D eigenvalue weighted by atomic mass is 16.4. The average Bonchev–Trinajstić information content (AvgIpc) is 3.21. The van der Waals surface area contributed by atoms with Gasteiger partial charge in [0, 0.05) is 32.1 Å². The fourth-order valence-corrected chi connectivity index (χ4v) is 3.49. The molecule has 3 aliphatic rings. The van der Waals surface area contributed by atoms with Gasteiger partial charge in [0.1, 0.15) is 0 Å². The molecule has 21 heavy (non-hydrogen) atoms. The van der Waals surface area contributed by atoms with E-state index in [-0.39, 0.29) is 5.92 Å². The summed E-state index contributed by atoms with van der Waals surface area (Å²) in [5.74, 6) is 0.148. The van der Waals surface area contributed by atoms with Gasteiger partial charge < -0.3 is 15.3 Å². The van der Waals surface area contributed by atoms with Crippen LogP contribution in [0.4, 0.5) is 0 Å². The van der Waals surface area contributed by atoms with Gasteiger partial charge in [-0.05, 0) is 25.7 Å². The second-order valence-corrected chi connectivity index (χ2v) is 6.38. The van der Waals surface area contributed by atoms with Crippen molar-refractivity contribution in [2.24, 2.45) is 11.8 Å². The Kier molecular flexibility index (Phi) is 6.49. The minimum Gasteiger partial charge on any atom is -0.481 e. The maximum Gasteiger partial charge on any atom is 0.306 e. The summed E-state index contributed by atoms with van der Waals surface area (Å²) in [7, 11) is 0. The van der Waals surface area contributed by atoms with E-state index in [4.69, 9.17) is 5.11 Å². The van der Waals surface area contributed by atoms with Crippen LogP contribution in [0.3, 0.4) is 0 Å². The molecule has 3 rings (SSSR count). The lowest BCUT2D eigenvalue weighted by atomic mass is 10.1. The number of rotatable bonds is 2. The zero-order valence-corrected chi connectivity index (χ0v) is 12.9. The summed E-state index contributed by atoms with van der Waals surface area (Å²) in [6, 6.07) is 0. The summed E-state index contributed by atoms with van der Waals surface area (Å²) in [6.45, 7) is 3.77. The van der Waals surface area contributed by atoms with Crippen molar-refractivity contribution in [1.82, 2.24) is 10.2 Å². The molecular formula is C16H28N2O3. The predicted molar refractivity (Wildman–Crippen MR) is 81.0 cm³/mol. The highest BCUT2D eigenvalue weighted by molar-refractivity contribution is 5.79. The first-order chi connectivity index (χ1) is 10.2. The van der Waals surface area contributed by atoms with E-state index in [0.717, 1.165) is 64.7 Å². The maximum atomic E-state index is 11.9. The maximum absolute atomic E-state index is 11.9.